The van der Waals surface area contributed by atoms with Gasteiger partial charge in [0.2, 0.25) is 0 Å². The summed E-state index contributed by atoms with van der Waals surface area (Å²) in [7, 11) is 0. The zero-order valence-corrected chi connectivity index (χ0v) is 11.2. The summed E-state index contributed by atoms with van der Waals surface area (Å²) in [6.45, 7) is 8.43. The molecule has 1 aliphatic carbocycles. The molecular formula is C14H27N3. The van der Waals surface area contributed by atoms with E-state index < -0.39 is 0 Å². The molecule has 0 spiro atoms. The van der Waals surface area contributed by atoms with Crippen LogP contribution < -0.4 is 5.73 Å². The molecule has 17 heavy (non-hydrogen) atoms. The van der Waals surface area contributed by atoms with Gasteiger partial charge in [-0.1, -0.05) is 0 Å². The van der Waals surface area contributed by atoms with Crippen LogP contribution in [-0.4, -0.2) is 54.1 Å². The van der Waals surface area contributed by atoms with E-state index in [0.717, 1.165) is 18.5 Å². The van der Waals surface area contributed by atoms with Crippen LogP contribution in [0, 0.1) is 5.92 Å². The molecule has 2 N–H and O–H groups in total. The van der Waals surface area contributed by atoms with E-state index in [0.29, 0.717) is 5.54 Å². The van der Waals surface area contributed by atoms with E-state index in [-0.39, 0.29) is 0 Å². The molecule has 2 unspecified atom stereocenters. The quantitative estimate of drug-likeness (QED) is 0.803. The molecule has 0 amide bonds. The van der Waals surface area contributed by atoms with Crippen LogP contribution in [0.1, 0.15) is 39.0 Å². The van der Waals surface area contributed by atoms with Crippen molar-refractivity contribution in [3.05, 3.63) is 0 Å². The molecule has 0 aromatic rings. The highest BCUT2D eigenvalue weighted by molar-refractivity contribution is 5.02. The maximum absolute atomic E-state index is 6.11. The topological polar surface area (TPSA) is 32.5 Å². The molecule has 3 heteroatoms. The molecule has 3 aliphatic rings. The Morgan fingerprint density at radius 2 is 1.88 bits per heavy atom. The molecule has 2 atom stereocenters. The first-order chi connectivity index (χ1) is 8.24. The van der Waals surface area contributed by atoms with E-state index in [1.54, 1.807) is 0 Å². The summed E-state index contributed by atoms with van der Waals surface area (Å²) in [6.07, 6.45) is 6.94. The van der Waals surface area contributed by atoms with Crippen molar-refractivity contribution < 1.29 is 0 Å². The van der Waals surface area contributed by atoms with E-state index in [2.05, 4.69) is 16.7 Å². The molecule has 1 saturated carbocycles. The molecule has 3 nitrogen and oxygen atoms in total. The lowest BCUT2D eigenvalue weighted by Gasteiger charge is -2.42. The standard InChI is InChI=1S/C14H27N3/c1-14(11-15,12-5-6-12)17-9-3-8-16-7-2-4-13(16)10-17/h12-13H,2-11,15H2,1H3. The van der Waals surface area contributed by atoms with Gasteiger partial charge in [-0.25, -0.2) is 0 Å². The third kappa shape index (κ3) is 2.13. The van der Waals surface area contributed by atoms with Crippen molar-refractivity contribution in [1.82, 2.24) is 9.80 Å². The van der Waals surface area contributed by atoms with Crippen LogP contribution in [0.25, 0.3) is 0 Å². The molecule has 3 rings (SSSR count). The predicted octanol–water partition coefficient (Wildman–Crippen LogP) is 1.28. The lowest BCUT2D eigenvalue weighted by molar-refractivity contribution is 0.0804. The minimum Gasteiger partial charge on any atom is -0.329 e. The molecule has 2 heterocycles. The van der Waals surface area contributed by atoms with Gasteiger partial charge in [0.15, 0.2) is 0 Å². The number of hydrogen-bond acceptors (Lipinski definition) is 3. The summed E-state index contributed by atoms with van der Waals surface area (Å²) in [4.78, 5) is 5.45. The third-order valence-corrected chi connectivity index (χ3v) is 5.40. The molecule has 98 valence electrons. The van der Waals surface area contributed by atoms with Gasteiger partial charge in [-0.3, -0.25) is 9.80 Å². The molecular weight excluding hydrogens is 210 g/mol. The van der Waals surface area contributed by atoms with E-state index in [4.69, 9.17) is 5.73 Å². The number of nitrogens with zero attached hydrogens (tertiary/aromatic N) is 2. The van der Waals surface area contributed by atoms with Crippen molar-refractivity contribution in [2.75, 3.05) is 32.7 Å². The first-order valence-corrected chi connectivity index (χ1v) is 7.43. The summed E-state index contributed by atoms with van der Waals surface area (Å²) in [5, 5.41) is 0. The highest BCUT2D eigenvalue weighted by Crippen LogP contribution is 2.43. The molecule has 0 aromatic heterocycles. The lowest BCUT2D eigenvalue weighted by atomic mass is 9.92. The SMILES string of the molecule is CC(CN)(C1CC1)N1CCCN2CCCC2C1. The van der Waals surface area contributed by atoms with Gasteiger partial charge in [-0.2, -0.15) is 0 Å². The largest absolute Gasteiger partial charge is 0.329 e. The van der Waals surface area contributed by atoms with Gasteiger partial charge in [-0.05, 0) is 58.0 Å². The monoisotopic (exact) mass is 237 g/mol. The smallest absolute Gasteiger partial charge is 0.0332 e. The third-order valence-electron chi connectivity index (χ3n) is 5.40. The van der Waals surface area contributed by atoms with Crippen molar-refractivity contribution in [1.29, 1.82) is 0 Å². The van der Waals surface area contributed by atoms with Gasteiger partial charge < -0.3 is 5.73 Å². The van der Waals surface area contributed by atoms with Crippen LogP contribution in [0.5, 0.6) is 0 Å². The Labute approximate surface area is 105 Å². The second-order valence-electron chi connectivity index (χ2n) is 6.47. The normalized spacial score (nSPS) is 35.3. The van der Waals surface area contributed by atoms with Crippen LogP contribution in [0.2, 0.25) is 0 Å². The Hall–Kier alpha value is -0.120. The second kappa shape index (κ2) is 4.52. The first-order valence-electron chi connectivity index (χ1n) is 7.43. The minimum atomic E-state index is 0.290. The van der Waals surface area contributed by atoms with Crippen molar-refractivity contribution in [3.63, 3.8) is 0 Å². The minimum absolute atomic E-state index is 0.290. The molecule has 0 radical (unpaired) electrons. The van der Waals surface area contributed by atoms with Crippen LogP contribution in [-0.2, 0) is 0 Å². The fraction of sp³-hybridized carbons (Fsp3) is 1.00. The molecule has 0 aromatic carbocycles. The van der Waals surface area contributed by atoms with Crippen LogP contribution in [0.3, 0.4) is 0 Å². The Morgan fingerprint density at radius 1 is 1.12 bits per heavy atom. The van der Waals surface area contributed by atoms with E-state index in [1.165, 1.54) is 58.3 Å². The molecule has 0 bridgehead atoms. The maximum atomic E-state index is 6.11. The average Bonchev–Trinajstić information content (AvgIpc) is 3.14. The highest BCUT2D eigenvalue weighted by atomic mass is 15.3. The Balaban J connectivity index is 1.73. The molecule has 2 saturated heterocycles. The zero-order valence-electron chi connectivity index (χ0n) is 11.2. The molecule has 2 aliphatic heterocycles. The lowest BCUT2D eigenvalue weighted by Crippen LogP contribution is -2.55. The van der Waals surface area contributed by atoms with Crippen LogP contribution in [0.15, 0.2) is 0 Å². The van der Waals surface area contributed by atoms with Crippen LogP contribution >= 0.6 is 0 Å². The Morgan fingerprint density at radius 3 is 2.59 bits per heavy atom. The predicted molar refractivity (Wildman–Crippen MR) is 71.0 cm³/mol. The van der Waals surface area contributed by atoms with Crippen LogP contribution in [0.4, 0.5) is 0 Å². The second-order valence-corrected chi connectivity index (χ2v) is 6.47. The maximum Gasteiger partial charge on any atom is 0.0332 e. The Kier molecular flexibility index (Phi) is 3.18. The average molecular weight is 237 g/mol. The zero-order chi connectivity index (χ0) is 11.9. The summed E-state index contributed by atoms with van der Waals surface area (Å²) in [6, 6.07) is 0.821. The summed E-state index contributed by atoms with van der Waals surface area (Å²) in [5.74, 6) is 0.875. The van der Waals surface area contributed by atoms with Crippen molar-refractivity contribution in [3.8, 4) is 0 Å². The summed E-state index contributed by atoms with van der Waals surface area (Å²) >= 11 is 0. The van der Waals surface area contributed by atoms with E-state index >= 15 is 0 Å². The van der Waals surface area contributed by atoms with E-state index in [9.17, 15) is 0 Å². The van der Waals surface area contributed by atoms with Gasteiger partial charge in [-0.15, -0.1) is 0 Å². The van der Waals surface area contributed by atoms with Crippen molar-refractivity contribution in [2.24, 2.45) is 11.7 Å². The number of fused-ring (bicyclic) bond motifs is 1. The number of hydrogen-bond donors (Lipinski definition) is 1. The summed E-state index contributed by atoms with van der Waals surface area (Å²) < 4.78 is 0. The van der Waals surface area contributed by atoms with Gasteiger partial charge in [0.25, 0.3) is 0 Å². The number of nitrogens with two attached hydrogens (primary N) is 1. The first kappa shape index (κ1) is 11.9. The van der Waals surface area contributed by atoms with Gasteiger partial charge in [0, 0.05) is 31.2 Å². The van der Waals surface area contributed by atoms with Crippen molar-refractivity contribution >= 4 is 0 Å². The van der Waals surface area contributed by atoms with Gasteiger partial charge in [0.1, 0.15) is 0 Å². The number of rotatable bonds is 3. The van der Waals surface area contributed by atoms with Crippen molar-refractivity contribution in [2.45, 2.75) is 50.6 Å². The Bertz CT molecular complexity index is 277. The summed E-state index contributed by atoms with van der Waals surface area (Å²) in [5.41, 5.74) is 6.40. The van der Waals surface area contributed by atoms with E-state index in [1.807, 2.05) is 0 Å². The fourth-order valence-corrected chi connectivity index (χ4v) is 3.93. The van der Waals surface area contributed by atoms with Gasteiger partial charge in [0.05, 0.1) is 0 Å². The fourth-order valence-electron chi connectivity index (χ4n) is 3.93. The highest BCUT2D eigenvalue weighted by Gasteiger charge is 2.46. The van der Waals surface area contributed by atoms with Gasteiger partial charge >= 0.3 is 0 Å². The molecule has 3 fully saturated rings.